The molecule has 0 radical (unpaired) electrons. The molecule has 2 aromatic rings. The lowest BCUT2D eigenvalue weighted by atomic mass is 10.1. The molecule has 1 N–H and O–H groups in total. The number of hydrogen-bond donors (Lipinski definition) is 1. The van der Waals surface area contributed by atoms with Crippen LogP contribution >= 0.6 is 0 Å². The lowest BCUT2D eigenvalue weighted by molar-refractivity contribution is -0.137. The van der Waals surface area contributed by atoms with Crippen molar-refractivity contribution in [3.8, 4) is 0 Å². The Hall–Kier alpha value is -2.83. The van der Waals surface area contributed by atoms with Gasteiger partial charge in [0.15, 0.2) is 0 Å². The van der Waals surface area contributed by atoms with Crippen LogP contribution in [0, 0.1) is 0 Å². The van der Waals surface area contributed by atoms with Gasteiger partial charge in [0.05, 0.1) is 5.56 Å². The number of hydrogen-bond acceptors (Lipinski definition) is 2. The molecule has 0 spiro atoms. The van der Waals surface area contributed by atoms with E-state index in [-0.39, 0.29) is 17.2 Å². The Labute approximate surface area is 156 Å². The van der Waals surface area contributed by atoms with Crippen LogP contribution < -0.4 is 5.32 Å². The van der Waals surface area contributed by atoms with Crippen LogP contribution in [0.2, 0.25) is 0 Å². The van der Waals surface area contributed by atoms with E-state index in [9.17, 15) is 22.8 Å². The van der Waals surface area contributed by atoms with Crippen molar-refractivity contribution in [2.45, 2.75) is 25.9 Å². The minimum atomic E-state index is -4.49. The van der Waals surface area contributed by atoms with E-state index in [1.54, 1.807) is 24.1 Å². The Bertz CT molecular complexity index is 819. The fourth-order valence-corrected chi connectivity index (χ4v) is 2.49. The summed E-state index contributed by atoms with van der Waals surface area (Å²) in [5.74, 6) is -0.794. The Balaban J connectivity index is 2.15. The van der Waals surface area contributed by atoms with Crippen molar-refractivity contribution in [3.05, 3.63) is 65.2 Å². The molecule has 2 rings (SSSR count). The number of unbranched alkanes of at least 4 members (excludes halogenated alkanes) is 1. The maximum atomic E-state index is 12.8. The molecule has 0 aromatic heterocycles. The predicted octanol–water partition coefficient (Wildman–Crippen LogP) is 4.83. The van der Waals surface area contributed by atoms with Crippen molar-refractivity contribution in [2.24, 2.45) is 0 Å². The van der Waals surface area contributed by atoms with Crippen LogP contribution in [-0.4, -0.2) is 30.3 Å². The van der Waals surface area contributed by atoms with Crippen LogP contribution in [0.5, 0.6) is 0 Å². The highest BCUT2D eigenvalue weighted by Gasteiger charge is 2.30. The molecule has 27 heavy (non-hydrogen) atoms. The predicted molar refractivity (Wildman–Crippen MR) is 97.7 cm³/mol. The molecule has 2 aromatic carbocycles. The number of rotatable bonds is 6. The highest BCUT2D eigenvalue weighted by molar-refractivity contribution is 6.06. The van der Waals surface area contributed by atoms with E-state index in [0.717, 1.165) is 25.0 Å². The third-order valence-electron chi connectivity index (χ3n) is 4.01. The largest absolute Gasteiger partial charge is 0.416 e. The molecule has 0 fully saturated rings. The van der Waals surface area contributed by atoms with E-state index in [0.29, 0.717) is 12.1 Å². The summed E-state index contributed by atoms with van der Waals surface area (Å²) in [6, 6.07) is 10.5. The Morgan fingerprint density at radius 1 is 1.04 bits per heavy atom. The average Bonchev–Trinajstić information content (AvgIpc) is 2.65. The van der Waals surface area contributed by atoms with Gasteiger partial charge >= 0.3 is 6.18 Å². The zero-order valence-corrected chi connectivity index (χ0v) is 15.1. The smallest absolute Gasteiger partial charge is 0.342 e. The van der Waals surface area contributed by atoms with Gasteiger partial charge in [-0.05, 0) is 42.8 Å². The van der Waals surface area contributed by atoms with Crippen molar-refractivity contribution in [1.29, 1.82) is 0 Å². The van der Waals surface area contributed by atoms with Crippen LogP contribution in [-0.2, 0) is 6.18 Å². The quantitative estimate of drug-likeness (QED) is 0.783. The SMILES string of the molecule is CCCCN(C)C(=O)c1cccc(C(=O)Nc2cccc(C(F)(F)F)c2)c1. The van der Waals surface area contributed by atoms with E-state index in [1.165, 1.54) is 24.3 Å². The van der Waals surface area contributed by atoms with Gasteiger partial charge in [-0.3, -0.25) is 9.59 Å². The molecular weight excluding hydrogens is 357 g/mol. The Kier molecular flexibility index (Phi) is 6.60. The van der Waals surface area contributed by atoms with Crippen molar-refractivity contribution in [2.75, 3.05) is 18.9 Å². The normalized spacial score (nSPS) is 11.1. The number of carbonyl (C=O) groups excluding carboxylic acids is 2. The van der Waals surface area contributed by atoms with E-state index in [1.807, 2.05) is 6.92 Å². The molecule has 0 atom stereocenters. The third kappa shape index (κ3) is 5.57. The first-order valence-corrected chi connectivity index (χ1v) is 8.56. The lowest BCUT2D eigenvalue weighted by Crippen LogP contribution is -2.28. The molecular formula is C20H21F3N2O2. The molecule has 0 unspecified atom stereocenters. The summed E-state index contributed by atoms with van der Waals surface area (Å²) in [5, 5.41) is 2.44. The first-order chi connectivity index (χ1) is 12.7. The zero-order chi connectivity index (χ0) is 20.0. The Morgan fingerprint density at radius 2 is 1.70 bits per heavy atom. The van der Waals surface area contributed by atoms with E-state index >= 15 is 0 Å². The average molecular weight is 378 g/mol. The summed E-state index contributed by atoms with van der Waals surface area (Å²) in [7, 11) is 1.69. The van der Waals surface area contributed by atoms with Gasteiger partial charge in [0.2, 0.25) is 0 Å². The van der Waals surface area contributed by atoms with Gasteiger partial charge < -0.3 is 10.2 Å². The second-order valence-corrected chi connectivity index (χ2v) is 6.19. The molecule has 0 aliphatic carbocycles. The lowest BCUT2D eigenvalue weighted by Gasteiger charge is -2.17. The summed E-state index contributed by atoms with van der Waals surface area (Å²) in [6.07, 6.45) is -2.66. The molecule has 7 heteroatoms. The van der Waals surface area contributed by atoms with Gasteiger partial charge in [-0.25, -0.2) is 0 Å². The topological polar surface area (TPSA) is 49.4 Å². The zero-order valence-electron chi connectivity index (χ0n) is 15.1. The summed E-state index contributed by atoms with van der Waals surface area (Å²) < 4.78 is 38.3. The Morgan fingerprint density at radius 3 is 2.37 bits per heavy atom. The molecule has 4 nitrogen and oxygen atoms in total. The molecule has 0 bridgehead atoms. The number of nitrogens with one attached hydrogen (secondary N) is 1. The third-order valence-corrected chi connectivity index (χ3v) is 4.01. The first kappa shape index (κ1) is 20.5. The van der Waals surface area contributed by atoms with Crippen LogP contribution in [0.1, 0.15) is 46.0 Å². The molecule has 0 saturated carbocycles. The van der Waals surface area contributed by atoms with Crippen molar-refractivity contribution in [3.63, 3.8) is 0 Å². The standard InChI is InChI=1S/C20H21F3N2O2/c1-3-4-11-25(2)19(27)15-8-5-7-14(12-15)18(26)24-17-10-6-9-16(13-17)20(21,22)23/h5-10,12-13H,3-4,11H2,1-2H3,(H,24,26). The molecule has 0 heterocycles. The summed E-state index contributed by atoms with van der Waals surface area (Å²) in [6.45, 7) is 2.63. The van der Waals surface area contributed by atoms with Gasteiger partial charge in [0.1, 0.15) is 0 Å². The van der Waals surface area contributed by atoms with Gasteiger partial charge in [0, 0.05) is 30.4 Å². The fourth-order valence-electron chi connectivity index (χ4n) is 2.49. The summed E-state index contributed by atoms with van der Waals surface area (Å²) in [4.78, 5) is 26.4. The first-order valence-electron chi connectivity index (χ1n) is 8.56. The van der Waals surface area contributed by atoms with E-state index in [2.05, 4.69) is 5.32 Å². The number of anilines is 1. The highest BCUT2D eigenvalue weighted by Crippen LogP contribution is 2.30. The minimum Gasteiger partial charge on any atom is -0.342 e. The molecule has 0 saturated heterocycles. The number of alkyl halides is 3. The highest BCUT2D eigenvalue weighted by atomic mass is 19.4. The van der Waals surface area contributed by atoms with Gasteiger partial charge in [0.25, 0.3) is 11.8 Å². The summed E-state index contributed by atoms with van der Waals surface area (Å²) in [5.41, 5.74) is -0.263. The van der Waals surface area contributed by atoms with Crippen LogP contribution in [0.4, 0.5) is 18.9 Å². The monoisotopic (exact) mass is 378 g/mol. The maximum absolute atomic E-state index is 12.8. The molecule has 2 amide bonds. The maximum Gasteiger partial charge on any atom is 0.416 e. The number of nitrogens with zero attached hydrogens (tertiary/aromatic N) is 1. The second-order valence-electron chi connectivity index (χ2n) is 6.19. The van der Waals surface area contributed by atoms with Gasteiger partial charge in [-0.2, -0.15) is 13.2 Å². The minimum absolute atomic E-state index is 0.0339. The van der Waals surface area contributed by atoms with E-state index in [4.69, 9.17) is 0 Å². The molecule has 0 aliphatic rings. The van der Waals surface area contributed by atoms with Crippen LogP contribution in [0.15, 0.2) is 48.5 Å². The number of carbonyl (C=O) groups is 2. The second kappa shape index (κ2) is 8.70. The summed E-state index contributed by atoms with van der Waals surface area (Å²) >= 11 is 0. The van der Waals surface area contributed by atoms with Crippen molar-refractivity contribution >= 4 is 17.5 Å². The number of amides is 2. The number of halogens is 3. The van der Waals surface area contributed by atoms with Crippen molar-refractivity contribution < 1.29 is 22.8 Å². The van der Waals surface area contributed by atoms with Crippen molar-refractivity contribution in [1.82, 2.24) is 4.90 Å². The fraction of sp³-hybridized carbons (Fsp3) is 0.300. The van der Waals surface area contributed by atoms with Crippen LogP contribution in [0.25, 0.3) is 0 Å². The van der Waals surface area contributed by atoms with Gasteiger partial charge in [-0.15, -0.1) is 0 Å². The van der Waals surface area contributed by atoms with Gasteiger partial charge in [-0.1, -0.05) is 25.5 Å². The molecule has 0 aliphatic heterocycles. The molecule has 144 valence electrons. The van der Waals surface area contributed by atoms with Crippen LogP contribution in [0.3, 0.4) is 0 Å². The number of benzene rings is 2. The van der Waals surface area contributed by atoms with E-state index < -0.39 is 17.6 Å².